The topological polar surface area (TPSA) is 44.8 Å². The quantitative estimate of drug-likeness (QED) is 0.847. The van der Waals surface area contributed by atoms with Crippen LogP contribution in [0.2, 0.25) is 0 Å². The molecule has 0 unspecified atom stereocenters. The van der Waals surface area contributed by atoms with E-state index in [-0.39, 0.29) is 17.8 Å². The first-order chi connectivity index (χ1) is 13.1. The summed E-state index contributed by atoms with van der Waals surface area (Å²) < 4.78 is 19.0. The minimum Gasteiger partial charge on any atom is -0.495 e. The maximum Gasteiger partial charge on any atom is 0.240 e. The molecule has 2 aromatic rings. The van der Waals surface area contributed by atoms with Crippen LogP contribution in [0, 0.1) is 5.82 Å². The molecule has 0 bridgehead atoms. The number of anilines is 1. The lowest BCUT2D eigenvalue weighted by atomic mass is 10.0. The Labute approximate surface area is 159 Å². The number of amides is 1. The van der Waals surface area contributed by atoms with Crippen LogP contribution in [0.5, 0.6) is 5.75 Å². The Morgan fingerprint density at radius 2 is 1.85 bits per heavy atom. The number of benzene rings is 2. The summed E-state index contributed by atoms with van der Waals surface area (Å²) in [5.41, 5.74) is 1.87. The van der Waals surface area contributed by atoms with Crippen molar-refractivity contribution in [3.8, 4) is 5.75 Å². The third kappa shape index (κ3) is 4.57. The largest absolute Gasteiger partial charge is 0.495 e. The highest BCUT2D eigenvalue weighted by atomic mass is 19.1. The summed E-state index contributed by atoms with van der Waals surface area (Å²) in [4.78, 5) is 16.9. The Kier molecular flexibility index (Phi) is 6.29. The van der Waals surface area contributed by atoms with Gasteiger partial charge < -0.3 is 19.9 Å². The normalized spacial score (nSPS) is 15.5. The van der Waals surface area contributed by atoms with Gasteiger partial charge in [0.05, 0.1) is 18.8 Å². The second-order valence-corrected chi connectivity index (χ2v) is 6.66. The van der Waals surface area contributed by atoms with Crippen LogP contribution >= 0.6 is 0 Å². The van der Waals surface area contributed by atoms with Gasteiger partial charge in [-0.1, -0.05) is 30.3 Å². The second kappa shape index (κ2) is 8.86. The van der Waals surface area contributed by atoms with E-state index in [1.165, 1.54) is 12.1 Å². The predicted octanol–water partition coefficient (Wildman–Crippen LogP) is 2.31. The first kappa shape index (κ1) is 19.2. The van der Waals surface area contributed by atoms with Crippen LogP contribution in [-0.2, 0) is 11.2 Å². The summed E-state index contributed by atoms with van der Waals surface area (Å²) >= 11 is 0. The van der Waals surface area contributed by atoms with Crippen molar-refractivity contribution in [3.05, 3.63) is 59.9 Å². The Morgan fingerprint density at radius 3 is 2.48 bits per heavy atom. The van der Waals surface area contributed by atoms with E-state index in [4.69, 9.17) is 4.74 Å². The van der Waals surface area contributed by atoms with E-state index in [1.807, 2.05) is 42.3 Å². The van der Waals surface area contributed by atoms with Crippen molar-refractivity contribution in [2.75, 3.05) is 45.2 Å². The van der Waals surface area contributed by atoms with Crippen molar-refractivity contribution in [1.29, 1.82) is 0 Å². The van der Waals surface area contributed by atoms with Crippen LogP contribution in [0.15, 0.2) is 48.5 Å². The van der Waals surface area contributed by atoms with Gasteiger partial charge in [0.1, 0.15) is 11.6 Å². The molecule has 0 aromatic heterocycles. The zero-order valence-electron chi connectivity index (χ0n) is 15.8. The second-order valence-electron chi connectivity index (χ2n) is 6.66. The molecule has 0 saturated carbocycles. The molecular formula is C21H26FN3O2. The molecule has 27 heavy (non-hydrogen) atoms. The van der Waals surface area contributed by atoms with E-state index in [1.54, 1.807) is 13.2 Å². The van der Waals surface area contributed by atoms with E-state index >= 15 is 0 Å². The van der Waals surface area contributed by atoms with Gasteiger partial charge in [-0.05, 0) is 31.2 Å². The number of hydrogen-bond acceptors (Lipinski definition) is 4. The fourth-order valence-corrected chi connectivity index (χ4v) is 3.46. The van der Waals surface area contributed by atoms with Crippen molar-refractivity contribution >= 4 is 11.6 Å². The summed E-state index contributed by atoms with van der Waals surface area (Å²) in [6, 6.07) is 14.3. The number of carbonyl (C=O) groups is 1. The lowest BCUT2D eigenvalue weighted by molar-refractivity contribution is -0.133. The number of nitrogens with zero attached hydrogens (tertiary/aromatic N) is 2. The fraction of sp³-hybridized carbons (Fsp3) is 0.381. The Bertz CT molecular complexity index is 761. The van der Waals surface area contributed by atoms with Gasteiger partial charge in [0, 0.05) is 32.2 Å². The number of hydrogen-bond donors (Lipinski definition) is 1. The van der Waals surface area contributed by atoms with Gasteiger partial charge in [0.2, 0.25) is 5.91 Å². The van der Waals surface area contributed by atoms with Crippen molar-refractivity contribution in [2.24, 2.45) is 0 Å². The SMILES string of the molecule is CN[C@H](Cc1ccccc1)C(=O)N1CCN(c2cc(F)ccc2OC)CC1. The van der Waals surface area contributed by atoms with E-state index in [0.717, 1.165) is 11.3 Å². The van der Waals surface area contributed by atoms with Gasteiger partial charge in [-0.2, -0.15) is 0 Å². The molecule has 6 heteroatoms. The van der Waals surface area contributed by atoms with E-state index in [0.29, 0.717) is 38.3 Å². The third-order valence-corrected chi connectivity index (χ3v) is 5.00. The maximum absolute atomic E-state index is 13.6. The summed E-state index contributed by atoms with van der Waals surface area (Å²) in [7, 11) is 3.40. The molecule has 1 heterocycles. The number of halogens is 1. The molecule has 0 aliphatic carbocycles. The highest BCUT2D eigenvalue weighted by molar-refractivity contribution is 5.82. The van der Waals surface area contributed by atoms with Crippen molar-refractivity contribution in [2.45, 2.75) is 12.5 Å². The lowest BCUT2D eigenvalue weighted by Gasteiger charge is -2.38. The van der Waals surface area contributed by atoms with Gasteiger partial charge in [-0.3, -0.25) is 4.79 Å². The zero-order valence-corrected chi connectivity index (χ0v) is 15.8. The molecule has 5 nitrogen and oxygen atoms in total. The molecule has 0 radical (unpaired) electrons. The van der Waals surface area contributed by atoms with Crippen LogP contribution in [0.3, 0.4) is 0 Å². The molecule has 1 atom stereocenters. The number of likely N-dealkylation sites (N-methyl/N-ethyl adjacent to an activating group) is 1. The monoisotopic (exact) mass is 371 g/mol. The van der Waals surface area contributed by atoms with Gasteiger partial charge in [0.25, 0.3) is 0 Å². The smallest absolute Gasteiger partial charge is 0.240 e. The number of piperazine rings is 1. The molecule has 1 amide bonds. The van der Waals surface area contributed by atoms with Gasteiger partial charge in [-0.15, -0.1) is 0 Å². The number of ether oxygens (including phenoxy) is 1. The Hall–Kier alpha value is -2.60. The summed E-state index contributed by atoms with van der Waals surface area (Å²) in [6.45, 7) is 2.50. The molecule has 3 rings (SSSR count). The first-order valence-corrected chi connectivity index (χ1v) is 9.21. The number of carbonyl (C=O) groups excluding carboxylic acids is 1. The highest BCUT2D eigenvalue weighted by Crippen LogP contribution is 2.29. The standard InChI is InChI=1S/C21H26FN3O2/c1-23-18(14-16-6-4-3-5-7-16)21(26)25-12-10-24(11-13-25)19-15-17(22)8-9-20(19)27-2/h3-9,15,18,23H,10-14H2,1-2H3/t18-/m1/s1. The van der Waals surface area contributed by atoms with E-state index < -0.39 is 0 Å². The summed E-state index contributed by atoms with van der Waals surface area (Å²) in [5.74, 6) is 0.461. The molecule has 1 fully saturated rings. The minimum atomic E-state index is -0.289. The van der Waals surface area contributed by atoms with Crippen LogP contribution in [0.4, 0.5) is 10.1 Å². The molecule has 0 spiro atoms. The van der Waals surface area contributed by atoms with Crippen LogP contribution < -0.4 is 15.0 Å². The molecule has 1 aliphatic heterocycles. The Balaban J connectivity index is 1.62. The van der Waals surface area contributed by atoms with Crippen molar-refractivity contribution in [3.63, 3.8) is 0 Å². The first-order valence-electron chi connectivity index (χ1n) is 9.21. The molecular weight excluding hydrogens is 345 g/mol. The van der Waals surface area contributed by atoms with Crippen LogP contribution in [0.25, 0.3) is 0 Å². The van der Waals surface area contributed by atoms with E-state index in [2.05, 4.69) is 10.2 Å². The van der Waals surface area contributed by atoms with Gasteiger partial charge >= 0.3 is 0 Å². The van der Waals surface area contributed by atoms with E-state index in [9.17, 15) is 9.18 Å². The minimum absolute atomic E-state index is 0.104. The Morgan fingerprint density at radius 1 is 1.15 bits per heavy atom. The maximum atomic E-state index is 13.6. The average molecular weight is 371 g/mol. The van der Waals surface area contributed by atoms with Gasteiger partial charge in [-0.25, -0.2) is 4.39 Å². The molecule has 144 valence electrons. The molecule has 1 saturated heterocycles. The van der Waals surface area contributed by atoms with Crippen molar-refractivity contribution in [1.82, 2.24) is 10.2 Å². The van der Waals surface area contributed by atoms with Crippen molar-refractivity contribution < 1.29 is 13.9 Å². The summed E-state index contributed by atoms with van der Waals surface area (Å²) in [6.07, 6.45) is 0.661. The third-order valence-electron chi connectivity index (χ3n) is 5.00. The predicted molar refractivity (Wildman–Crippen MR) is 105 cm³/mol. The van der Waals surface area contributed by atoms with Gasteiger partial charge in [0.15, 0.2) is 0 Å². The fourth-order valence-electron chi connectivity index (χ4n) is 3.46. The molecule has 1 aliphatic rings. The lowest BCUT2D eigenvalue weighted by Crippen LogP contribution is -2.54. The number of nitrogens with one attached hydrogen (secondary N) is 1. The molecule has 2 aromatic carbocycles. The zero-order chi connectivity index (χ0) is 19.2. The highest BCUT2D eigenvalue weighted by Gasteiger charge is 2.27. The average Bonchev–Trinajstić information content (AvgIpc) is 2.72. The molecule has 1 N–H and O–H groups in total. The van der Waals surface area contributed by atoms with Crippen LogP contribution in [0.1, 0.15) is 5.56 Å². The van der Waals surface area contributed by atoms with Crippen LogP contribution in [-0.4, -0.2) is 57.2 Å². The number of rotatable bonds is 6. The summed E-state index contributed by atoms with van der Waals surface area (Å²) in [5, 5.41) is 3.14. The number of methoxy groups -OCH3 is 1.